The van der Waals surface area contributed by atoms with E-state index in [2.05, 4.69) is 9.71 Å². The summed E-state index contributed by atoms with van der Waals surface area (Å²) >= 11 is 0. The van der Waals surface area contributed by atoms with E-state index in [9.17, 15) is 8.42 Å². The van der Waals surface area contributed by atoms with Crippen molar-refractivity contribution in [3.63, 3.8) is 0 Å². The van der Waals surface area contributed by atoms with Gasteiger partial charge in [-0.2, -0.15) is 0 Å². The first kappa shape index (κ1) is 16.4. The Kier molecular flexibility index (Phi) is 5.72. The van der Waals surface area contributed by atoms with E-state index >= 15 is 0 Å². The third-order valence-electron chi connectivity index (χ3n) is 4.28. The van der Waals surface area contributed by atoms with Gasteiger partial charge >= 0.3 is 0 Å². The normalized spacial score (nSPS) is 18.6. The van der Waals surface area contributed by atoms with Gasteiger partial charge < -0.3 is 5.73 Å². The van der Waals surface area contributed by atoms with Gasteiger partial charge in [-0.25, -0.2) is 13.1 Å². The van der Waals surface area contributed by atoms with Crippen LogP contribution in [0.15, 0.2) is 23.2 Å². The largest absolute Gasteiger partial charge is 0.325 e. The number of hydrogen-bond donors (Lipinski definition) is 2. The second-order valence-electron chi connectivity index (χ2n) is 5.72. The van der Waals surface area contributed by atoms with Crippen LogP contribution in [0.2, 0.25) is 0 Å². The Bertz CT molecular complexity index is 537. The van der Waals surface area contributed by atoms with E-state index in [1.165, 1.54) is 25.5 Å². The van der Waals surface area contributed by atoms with E-state index in [1.54, 1.807) is 12.1 Å². The average molecular weight is 311 g/mol. The SMILES string of the molecule is CCC(NS(=O)(=O)c1ccc(CN)nc1)C1CCCCC1. The maximum Gasteiger partial charge on any atom is 0.242 e. The zero-order valence-corrected chi connectivity index (χ0v) is 13.4. The molecule has 5 nitrogen and oxygen atoms in total. The molecule has 1 unspecified atom stereocenters. The molecule has 1 aromatic heterocycles. The minimum Gasteiger partial charge on any atom is -0.325 e. The second-order valence-corrected chi connectivity index (χ2v) is 7.44. The van der Waals surface area contributed by atoms with Crippen LogP contribution in [0.5, 0.6) is 0 Å². The second kappa shape index (κ2) is 7.33. The van der Waals surface area contributed by atoms with Crippen molar-refractivity contribution < 1.29 is 8.42 Å². The molecular formula is C15H25N3O2S. The molecule has 21 heavy (non-hydrogen) atoms. The van der Waals surface area contributed by atoms with Crippen molar-refractivity contribution in [3.8, 4) is 0 Å². The average Bonchev–Trinajstić information content (AvgIpc) is 2.53. The molecule has 0 aliphatic heterocycles. The molecule has 0 aromatic carbocycles. The number of hydrogen-bond acceptors (Lipinski definition) is 4. The van der Waals surface area contributed by atoms with E-state index in [1.807, 2.05) is 6.92 Å². The zero-order chi connectivity index (χ0) is 15.3. The molecule has 1 aliphatic rings. The first-order valence-corrected chi connectivity index (χ1v) is 9.22. The number of sulfonamides is 1. The van der Waals surface area contributed by atoms with E-state index < -0.39 is 10.0 Å². The van der Waals surface area contributed by atoms with Gasteiger partial charge in [-0.1, -0.05) is 26.2 Å². The third kappa shape index (κ3) is 4.25. The Balaban J connectivity index is 2.10. The van der Waals surface area contributed by atoms with Gasteiger partial charge in [0.15, 0.2) is 0 Å². The molecule has 1 aliphatic carbocycles. The van der Waals surface area contributed by atoms with Gasteiger partial charge in [0.25, 0.3) is 0 Å². The van der Waals surface area contributed by atoms with Crippen LogP contribution in [0.1, 0.15) is 51.1 Å². The Morgan fingerprint density at radius 2 is 2.05 bits per heavy atom. The van der Waals surface area contributed by atoms with Crippen molar-refractivity contribution in [1.82, 2.24) is 9.71 Å². The molecule has 118 valence electrons. The summed E-state index contributed by atoms with van der Waals surface area (Å²) in [5.41, 5.74) is 6.17. The minimum absolute atomic E-state index is 0.0180. The maximum atomic E-state index is 12.5. The van der Waals surface area contributed by atoms with Gasteiger partial charge in [0.1, 0.15) is 4.90 Å². The number of aromatic nitrogens is 1. The summed E-state index contributed by atoms with van der Waals surface area (Å²) < 4.78 is 27.8. The van der Waals surface area contributed by atoms with Crippen LogP contribution in [0.4, 0.5) is 0 Å². The van der Waals surface area contributed by atoms with Crippen molar-refractivity contribution in [2.24, 2.45) is 11.7 Å². The molecule has 1 fully saturated rings. The van der Waals surface area contributed by atoms with Gasteiger partial charge in [0.05, 0.1) is 5.69 Å². The molecule has 3 N–H and O–H groups in total. The topological polar surface area (TPSA) is 85.1 Å². The van der Waals surface area contributed by atoms with Crippen molar-refractivity contribution >= 4 is 10.0 Å². The van der Waals surface area contributed by atoms with Crippen LogP contribution in [0.3, 0.4) is 0 Å². The standard InChI is InChI=1S/C15H25N3O2S/c1-2-15(12-6-4-3-5-7-12)18-21(19,20)14-9-8-13(10-16)17-11-14/h8-9,11-12,15,18H,2-7,10,16H2,1H3. The fraction of sp³-hybridized carbons (Fsp3) is 0.667. The molecule has 6 heteroatoms. The quantitative estimate of drug-likeness (QED) is 0.843. The summed E-state index contributed by atoms with van der Waals surface area (Å²) in [6.07, 6.45) is 8.11. The molecular weight excluding hydrogens is 286 g/mol. The molecule has 0 spiro atoms. The molecule has 1 aromatic rings. The highest BCUT2D eigenvalue weighted by Crippen LogP contribution is 2.28. The molecule has 0 amide bonds. The van der Waals surface area contributed by atoms with Crippen LogP contribution in [0, 0.1) is 5.92 Å². The fourth-order valence-electron chi connectivity index (χ4n) is 3.01. The van der Waals surface area contributed by atoms with Gasteiger partial charge in [-0.15, -0.1) is 0 Å². The zero-order valence-electron chi connectivity index (χ0n) is 12.6. The molecule has 0 bridgehead atoms. The van der Waals surface area contributed by atoms with Gasteiger partial charge in [0, 0.05) is 18.8 Å². The van der Waals surface area contributed by atoms with Crippen LogP contribution in [-0.2, 0) is 16.6 Å². The summed E-state index contributed by atoms with van der Waals surface area (Å²) in [7, 11) is -3.50. The van der Waals surface area contributed by atoms with Gasteiger partial charge in [-0.3, -0.25) is 4.98 Å². The summed E-state index contributed by atoms with van der Waals surface area (Å²) in [6.45, 7) is 2.35. The molecule has 1 heterocycles. The lowest BCUT2D eigenvalue weighted by atomic mass is 9.83. The number of nitrogens with two attached hydrogens (primary N) is 1. The summed E-state index contributed by atoms with van der Waals surface area (Å²) in [6, 6.07) is 3.26. The van der Waals surface area contributed by atoms with Crippen LogP contribution >= 0.6 is 0 Å². The molecule has 1 atom stereocenters. The van der Waals surface area contributed by atoms with Crippen molar-refractivity contribution in [2.45, 2.75) is 62.9 Å². The minimum atomic E-state index is -3.50. The van der Waals surface area contributed by atoms with Crippen LogP contribution in [-0.4, -0.2) is 19.4 Å². The van der Waals surface area contributed by atoms with Gasteiger partial charge in [-0.05, 0) is 37.3 Å². The summed E-state index contributed by atoms with van der Waals surface area (Å²) in [5, 5.41) is 0. The third-order valence-corrected chi connectivity index (χ3v) is 5.76. The predicted octanol–water partition coefficient (Wildman–Crippen LogP) is 2.18. The molecule has 1 saturated carbocycles. The maximum absolute atomic E-state index is 12.5. The Labute approximate surface area is 127 Å². The van der Waals surface area contributed by atoms with Crippen molar-refractivity contribution in [3.05, 3.63) is 24.0 Å². The monoisotopic (exact) mass is 311 g/mol. The Hall–Kier alpha value is -0.980. The Morgan fingerprint density at radius 1 is 1.33 bits per heavy atom. The number of pyridine rings is 1. The van der Waals surface area contributed by atoms with E-state index in [4.69, 9.17) is 5.73 Å². The van der Waals surface area contributed by atoms with E-state index in [0.717, 1.165) is 19.3 Å². The first-order valence-electron chi connectivity index (χ1n) is 7.74. The lowest BCUT2D eigenvalue weighted by molar-refractivity contribution is 0.285. The highest BCUT2D eigenvalue weighted by molar-refractivity contribution is 7.89. The first-order chi connectivity index (χ1) is 10.1. The molecule has 2 rings (SSSR count). The summed E-state index contributed by atoms with van der Waals surface area (Å²) in [4.78, 5) is 4.28. The van der Waals surface area contributed by atoms with Crippen LogP contribution < -0.4 is 10.5 Å². The Morgan fingerprint density at radius 3 is 2.57 bits per heavy atom. The summed E-state index contributed by atoms with van der Waals surface area (Å²) in [5.74, 6) is 0.454. The van der Waals surface area contributed by atoms with E-state index in [0.29, 0.717) is 18.2 Å². The van der Waals surface area contributed by atoms with Crippen molar-refractivity contribution in [1.29, 1.82) is 0 Å². The smallest absolute Gasteiger partial charge is 0.242 e. The molecule has 0 radical (unpaired) electrons. The number of nitrogens with zero attached hydrogens (tertiary/aromatic N) is 1. The number of rotatable bonds is 6. The van der Waals surface area contributed by atoms with E-state index in [-0.39, 0.29) is 10.9 Å². The van der Waals surface area contributed by atoms with Crippen LogP contribution in [0.25, 0.3) is 0 Å². The lowest BCUT2D eigenvalue weighted by Crippen LogP contribution is -2.40. The lowest BCUT2D eigenvalue weighted by Gasteiger charge is -2.30. The fourth-order valence-corrected chi connectivity index (χ4v) is 4.34. The highest BCUT2D eigenvalue weighted by Gasteiger charge is 2.27. The van der Waals surface area contributed by atoms with Crippen molar-refractivity contribution in [2.75, 3.05) is 0 Å². The predicted molar refractivity (Wildman–Crippen MR) is 83.1 cm³/mol. The molecule has 0 saturated heterocycles. The highest BCUT2D eigenvalue weighted by atomic mass is 32.2. The number of nitrogens with one attached hydrogen (secondary N) is 1. The van der Waals surface area contributed by atoms with Gasteiger partial charge in [0.2, 0.25) is 10.0 Å².